The van der Waals surface area contributed by atoms with Gasteiger partial charge in [0, 0.05) is 38.4 Å². The third-order valence-electron chi connectivity index (χ3n) is 3.18. The van der Waals surface area contributed by atoms with Crippen molar-refractivity contribution in [3.8, 4) is 0 Å². The number of carbonyl (C=O) groups excluding carboxylic acids is 1. The molecule has 0 saturated carbocycles. The van der Waals surface area contributed by atoms with E-state index in [1.165, 1.54) is 25.7 Å². The zero-order valence-corrected chi connectivity index (χ0v) is 16.6. The summed E-state index contributed by atoms with van der Waals surface area (Å²) in [5.74, 6) is 1.07. The lowest BCUT2D eigenvalue weighted by Gasteiger charge is -2.27. The molecule has 0 heterocycles. The van der Waals surface area contributed by atoms with E-state index in [0.29, 0.717) is 38.4 Å². The maximum atomic E-state index is 11.9. The summed E-state index contributed by atoms with van der Waals surface area (Å²) in [4.78, 5) is 11.9. The number of carbonyl (C=O) groups is 1. The van der Waals surface area contributed by atoms with Gasteiger partial charge in [-0.1, -0.05) is 43.8 Å². The van der Waals surface area contributed by atoms with E-state index in [0.717, 1.165) is 12.2 Å². The highest BCUT2D eigenvalue weighted by molar-refractivity contribution is 8.26. The molecule has 0 N–H and O–H groups in total. The second-order valence-corrected chi connectivity index (χ2v) is 10.0. The van der Waals surface area contributed by atoms with Gasteiger partial charge < -0.3 is 13.3 Å². The molecule has 0 aliphatic heterocycles. The van der Waals surface area contributed by atoms with Gasteiger partial charge in [0.05, 0.1) is 0 Å². The van der Waals surface area contributed by atoms with Crippen molar-refractivity contribution in [2.45, 2.75) is 72.6 Å². The lowest BCUT2D eigenvalue weighted by atomic mass is 10.1. The third kappa shape index (κ3) is 10.8. The van der Waals surface area contributed by atoms with E-state index in [9.17, 15) is 4.79 Å². The average molecular weight is 351 g/mol. The predicted octanol–water partition coefficient (Wildman–Crippen LogP) is 4.58. The standard InChI is InChI=1S/C16H34O4SSi/c1-5-9-10-11-12-13-16(17)14-15-21-22(18-6-2,19-7-3)20-8-4/h5-15H2,1-4H3. The first kappa shape index (κ1) is 22.1. The van der Waals surface area contributed by atoms with Crippen LogP contribution in [0, 0.1) is 0 Å². The van der Waals surface area contributed by atoms with Crippen LogP contribution in [0.5, 0.6) is 0 Å². The normalized spacial score (nSPS) is 11.8. The summed E-state index contributed by atoms with van der Waals surface area (Å²) in [6.45, 7) is 9.76. The van der Waals surface area contributed by atoms with Gasteiger partial charge in [-0.15, -0.1) is 0 Å². The summed E-state index contributed by atoms with van der Waals surface area (Å²) in [5.41, 5.74) is 0. The Labute approximate surface area is 141 Å². The molecule has 0 amide bonds. The predicted molar refractivity (Wildman–Crippen MR) is 96.1 cm³/mol. The van der Waals surface area contributed by atoms with Crippen LogP contribution in [-0.2, 0) is 18.1 Å². The van der Waals surface area contributed by atoms with E-state index in [-0.39, 0.29) is 0 Å². The topological polar surface area (TPSA) is 44.8 Å². The second kappa shape index (κ2) is 14.7. The van der Waals surface area contributed by atoms with Crippen LogP contribution >= 0.6 is 11.2 Å². The highest BCUT2D eigenvalue weighted by Crippen LogP contribution is 2.26. The summed E-state index contributed by atoms with van der Waals surface area (Å²) in [6.07, 6.45) is 7.24. The number of hydrogen-bond donors (Lipinski definition) is 0. The van der Waals surface area contributed by atoms with Crippen LogP contribution < -0.4 is 0 Å². The van der Waals surface area contributed by atoms with Gasteiger partial charge in [-0.3, -0.25) is 4.79 Å². The molecule has 132 valence electrons. The minimum absolute atomic E-state index is 0.344. The van der Waals surface area contributed by atoms with E-state index < -0.39 is 7.95 Å². The van der Waals surface area contributed by atoms with E-state index in [1.807, 2.05) is 20.8 Å². The number of hydrogen-bond acceptors (Lipinski definition) is 5. The molecule has 0 fully saturated rings. The molecule has 0 saturated heterocycles. The molecule has 0 aromatic carbocycles. The van der Waals surface area contributed by atoms with Gasteiger partial charge in [0.1, 0.15) is 5.78 Å². The first-order chi connectivity index (χ1) is 10.6. The van der Waals surface area contributed by atoms with Crippen LogP contribution in [0.15, 0.2) is 0 Å². The van der Waals surface area contributed by atoms with Crippen molar-refractivity contribution in [1.82, 2.24) is 0 Å². The number of rotatable bonds is 16. The van der Waals surface area contributed by atoms with E-state index in [2.05, 4.69) is 6.92 Å². The monoisotopic (exact) mass is 350 g/mol. The number of ketones is 1. The Hall–Kier alpha value is 0.117. The maximum Gasteiger partial charge on any atom is 0.573 e. The van der Waals surface area contributed by atoms with Crippen molar-refractivity contribution >= 4 is 24.9 Å². The molecule has 22 heavy (non-hydrogen) atoms. The molecule has 0 aliphatic rings. The van der Waals surface area contributed by atoms with Crippen molar-refractivity contribution in [3.05, 3.63) is 0 Å². The summed E-state index contributed by atoms with van der Waals surface area (Å²) in [7, 11) is -2.65. The summed E-state index contributed by atoms with van der Waals surface area (Å²) < 4.78 is 17.3. The van der Waals surface area contributed by atoms with Crippen LogP contribution in [0.25, 0.3) is 0 Å². The second-order valence-electron chi connectivity index (χ2n) is 5.10. The molecular weight excluding hydrogens is 316 g/mol. The zero-order valence-electron chi connectivity index (χ0n) is 14.8. The first-order valence-electron chi connectivity index (χ1n) is 8.71. The molecular formula is C16H34O4SSi. The molecule has 0 spiro atoms. The minimum Gasteiger partial charge on any atom is -0.366 e. The van der Waals surface area contributed by atoms with Gasteiger partial charge in [-0.25, -0.2) is 0 Å². The lowest BCUT2D eigenvalue weighted by Crippen LogP contribution is -2.43. The summed E-state index contributed by atoms with van der Waals surface area (Å²) >= 11 is 1.57. The molecule has 0 atom stereocenters. The SMILES string of the molecule is CCCCCCCC(=O)CCS[Si](OCC)(OCC)OCC. The summed E-state index contributed by atoms with van der Waals surface area (Å²) in [5, 5.41) is 0. The smallest absolute Gasteiger partial charge is 0.366 e. The van der Waals surface area contributed by atoms with Gasteiger partial charge in [0.25, 0.3) is 0 Å². The van der Waals surface area contributed by atoms with Crippen LogP contribution in [0.4, 0.5) is 0 Å². The molecule has 0 aromatic rings. The Morgan fingerprint density at radius 2 is 1.36 bits per heavy atom. The number of unbranched alkanes of at least 4 members (excludes halogenated alkanes) is 4. The van der Waals surface area contributed by atoms with Crippen LogP contribution in [0.1, 0.15) is 72.6 Å². The quantitative estimate of drug-likeness (QED) is 0.301. The Kier molecular flexibility index (Phi) is 14.8. The minimum atomic E-state index is -2.65. The molecule has 0 aromatic heterocycles. The van der Waals surface area contributed by atoms with Gasteiger partial charge in [0.2, 0.25) is 0 Å². The van der Waals surface area contributed by atoms with Gasteiger partial charge >= 0.3 is 7.95 Å². The zero-order chi connectivity index (χ0) is 16.7. The molecule has 0 rings (SSSR count). The molecule has 0 unspecified atom stereocenters. The van der Waals surface area contributed by atoms with Gasteiger partial charge in [-0.2, -0.15) is 0 Å². The van der Waals surface area contributed by atoms with Crippen LogP contribution in [-0.4, -0.2) is 39.3 Å². The van der Waals surface area contributed by atoms with E-state index in [1.54, 1.807) is 11.2 Å². The molecule has 6 heteroatoms. The van der Waals surface area contributed by atoms with E-state index in [4.69, 9.17) is 13.3 Å². The van der Waals surface area contributed by atoms with Crippen molar-refractivity contribution in [1.29, 1.82) is 0 Å². The van der Waals surface area contributed by atoms with Crippen molar-refractivity contribution in [2.24, 2.45) is 0 Å². The Balaban J connectivity index is 4.01. The Morgan fingerprint density at radius 3 is 1.86 bits per heavy atom. The van der Waals surface area contributed by atoms with E-state index >= 15 is 0 Å². The average Bonchev–Trinajstić information content (AvgIpc) is 2.48. The molecule has 0 radical (unpaired) electrons. The highest BCUT2D eigenvalue weighted by Gasteiger charge is 2.41. The van der Waals surface area contributed by atoms with Crippen molar-refractivity contribution < 1.29 is 18.1 Å². The maximum absolute atomic E-state index is 11.9. The fourth-order valence-corrected chi connectivity index (χ4v) is 7.13. The van der Waals surface area contributed by atoms with Crippen molar-refractivity contribution in [3.63, 3.8) is 0 Å². The molecule has 0 bridgehead atoms. The van der Waals surface area contributed by atoms with Gasteiger partial charge in [0.15, 0.2) is 0 Å². The fourth-order valence-electron chi connectivity index (χ4n) is 2.12. The van der Waals surface area contributed by atoms with Crippen LogP contribution in [0.2, 0.25) is 0 Å². The molecule has 0 aliphatic carbocycles. The van der Waals surface area contributed by atoms with Crippen LogP contribution in [0.3, 0.4) is 0 Å². The first-order valence-corrected chi connectivity index (χ1v) is 12.1. The Morgan fingerprint density at radius 1 is 0.818 bits per heavy atom. The fraction of sp³-hybridized carbons (Fsp3) is 0.938. The Bertz CT molecular complexity index is 260. The molecule has 4 nitrogen and oxygen atoms in total. The number of Topliss-reactive ketones (excluding diaryl/α,β-unsaturated/α-hetero) is 1. The van der Waals surface area contributed by atoms with Gasteiger partial charge in [-0.05, 0) is 27.2 Å². The van der Waals surface area contributed by atoms with Crippen molar-refractivity contribution in [2.75, 3.05) is 25.6 Å². The largest absolute Gasteiger partial charge is 0.573 e. The summed E-state index contributed by atoms with van der Waals surface area (Å²) in [6, 6.07) is 0. The third-order valence-corrected chi connectivity index (χ3v) is 8.60. The highest BCUT2D eigenvalue weighted by atomic mass is 32.4. The lowest BCUT2D eigenvalue weighted by molar-refractivity contribution is -0.118.